The third-order valence-electron chi connectivity index (χ3n) is 2.94. The van der Waals surface area contributed by atoms with Crippen molar-refractivity contribution in [2.24, 2.45) is 0 Å². The Hall–Kier alpha value is -1.75. The first-order chi connectivity index (χ1) is 7.80. The maximum Gasteiger partial charge on any atom is 0.0992 e. The highest BCUT2D eigenvalue weighted by molar-refractivity contribution is 5.82. The summed E-state index contributed by atoms with van der Waals surface area (Å²) in [5.74, 6) is 0. The molecule has 0 aliphatic carbocycles. The van der Waals surface area contributed by atoms with E-state index < -0.39 is 0 Å². The van der Waals surface area contributed by atoms with E-state index in [1.165, 1.54) is 16.6 Å². The minimum atomic E-state index is 0.739. The largest absolute Gasteiger partial charge is 0.345 e. The van der Waals surface area contributed by atoms with Crippen molar-refractivity contribution in [2.75, 3.05) is 0 Å². The van der Waals surface area contributed by atoms with Gasteiger partial charge >= 0.3 is 0 Å². The normalized spacial score (nSPS) is 10.6. The zero-order valence-corrected chi connectivity index (χ0v) is 9.83. The minimum Gasteiger partial charge on any atom is -0.345 e. The molecule has 0 spiro atoms. The van der Waals surface area contributed by atoms with Crippen LogP contribution in [0.15, 0.2) is 24.3 Å². The lowest BCUT2D eigenvalue weighted by Gasteiger charge is -2.06. The molecule has 0 N–H and O–H groups in total. The summed E-state index contributed by atoms with van der Waals surface area (Å²) in [6, 6.07) is 10.3. The van der Waals surface area contributed by atoms with Gasteiger partial charge in [0, 0.05) is 17.8 Å². The molecule has 0 aliphatic heterocycles. The first kappa shape index (κ1) is 10.8. The first-order valence-corrected chi connectivity index (χ1v) is 5.82. The monoisotopic (exact) mass is 212 g/mol. The predicted octanol–water partition coefficient (Wildman–Crippen LogP) is 3.49. The van der Waals surface area contributed by atoms with Crippen molar-refractivity contribution in [3.8, 4) is 6.07 Å². The van der Waals surface area contributed by atoms with E-state index in [4.69, 9.17) is 5.26 Å². The number of hydrogen-bond donors (Lipinski definition) is 0. The quantitative estimate of drug-likeness (QED) is 0.765. The summed E-state index contributed by atoms with van der Waals surface area (Å²) in [7, 11) is 0. The molecule has 0 unspecified atom stereocenters. The number of fused-ring (bicyclic) bond motifs is 1. The van der Waals surface area contributed by atoms with Gasteiger partial charge in [-0.05, 0) is 36.9 Å². The Kier molecular flexibility index (Phi) is 2.96. The zero-order valence-electron chi connectivity index (χ0n) is 9.83. The lowest BCUT2D eigenvalue weighted by molar-refractivity contribution is 0.722. The number of rotatable bonds is 3. The molecule has 2 heteroatoms. The number of aromatic nitrogens is 1. The van der Waals surface area contributed by atoms with Crippen LogP contribution in [0.4, 0.5) is 0 Å². The predicted molar refractivity (Wildman–Crippen MR) is 66.3 cm³/mol. The molecular formula is C14H16N2. The molecule has 0 fully saturated rings. The summed E-state index contributed by atoms with van der Waals surface area (Å²) in [6.45, 7) is 5.31. The van der Waals surface area contributed by atoms with Crippen molar-refractivity contribution >= 4 is 10.9 Å². The molecule has 0 amide bonds. The standard InChI is InChI=1S/C14H16N2/c1-3-5-13-9-12-7-6-11(10-15)8-14(12)16(13)4-2/h6-9H,3-5H2,1-2H3. The Bertz CT molecular complexity index is 544. The van der Waals surface area contributed by atoms with Gasteiger partial charge in [-0.3, -0.25) is 0 Å². The summed E-state index contributed by atoms with van der Waals surface area (Å²) >= 11 is 0. The Morgan fingerprint density at radius 3 is 2.69 bits per heavy atom. The van der Waals surface area contributed by atoms with Crippen LogP contribution in [0.3, 0.4) is 0 Å². The van der Waals surface area contributed by atoms with E-state index in [9.17, 15) is 0 Å². The highest BCUT2D eigenvalue weighted by atomic mass is 15.0. The third-order valence-corrected chi connectivity index (χ3v) is 2.94. The van der Waals surface area contributed by atoms with E-state index in [1.807, 2.05) is 18.2 Å². The Balaban J connectivity index is 2.64. The number of aryl methyl sites for hydroxylation is 2. The SMILES string of the molecule is CCCc1cc2ccc(C#N)cc2n1CC. The van der Waals surface area contributed by atoms with Crippen LogP contribution in [0.5, 0.6) is 0 Å². The van der Waals surface area contributed by atoms with Crippen LogP contribution < -0.4 is 0 Å². The molecule has 2 aromatic rings. The molecule has 0 aliphatic rings. The average molecular weight is 212 g/mol. The fourth-order valence-electron chi connectivity index (χ4n) is 2.22. The van der Waals surface area contributed by atoms with Crippen molar-refractivity contribution in [1.82, 2.24) is 4.57 Å². The molecule has 16 heavy (non-hydrogen) atoms. The van der Waals surface area contributed by atoms with Crippen molar-refractivity contribution in [3.05, 3.63) is 35.5 Å². The summed E-state index contributed by atoms with van der Waals surface area (Å²) in [4.78, 5) is 0. The number of benzene rings is 1. The maximum absolute atomic E-state index is 8.91. The van der Waals surface area contributed by atoms with E-state index in [0.717, 1.165) is 24.9 Å². The van der Waals surface area contributed by atoms with Crippen molar-refractivity contribution in [1.29, 1.82) is 5.26 Å². The highest BCUT2D eigenvalue weighted by Gasteiger charge is 2.07. The van der Waals surface area contributed by atoms with Gasteiger partial charge in [0.25, 0.3) is 0 Å². The van der Waals surface area contributed by atoms with Crippen molar-refractivity contribution in [2.45, 2.75) is 33.2 Å². The van der Waals surface area contributed by atoms with Crippen LogP contribution >= 0.6 is 0 Å². The van der Waals surface area contributed by atoms with Gasteiger partial charge in [0.2, 0.25) is 0 Å². The lowest BCUT2D eigenvalue weighted by Crippen LogP contribution is -1.99. The summed E-state index contributed by atoms with van der Waals surface area (Å²) < 4.78 is 2.31. The second kappa shape index (κ2) is 4.40. The molecule has 0 radical (unpaired) electrons. The van der Waals surface area contributed by atoms with Gasteiger partial charge in [-0.2, -0.15) is 5.26 Å². The van der Waals surface area contributed by atoms with Gasteiger partial charge in [-0.25, -0.2) is 0 Å². The smallest absolute Gasteiger partial charge is 0.0992 e. The van der Waals surface area contributed by atoms with Gasteiger partial charge in [0.15, 0.2) is 0 Å². The second-order valence-electron chi connectivity index (χ2n) is 4.02. The topological polar surface area (TPSA) is 28.7 Å². The van der Waals surface area contributed by atoms with Crippen LogP contribution in [-0.2, 0) is 13.0 Å². The van der Waals surface area contributed by atoms with Gasteiger partial charge in [-0.1, -0.05) is 19.4 Å². The molecule has 1 aromatic heterocycles. The fourth-order valence-corrected chi connectivity index (χ4v) is 2.22. The van der Waals surface area contributed by atoms with Gasteiger partial charge in [-0.15, -0.1) is 0 Å². The van der Waals surface area contributed by atoms with E-state index in [0.29, 0.717) is 0 Å². The zero-order chi connectivity index (χ0) is 11.5. The highest BCUT2D eigenvalue weighted by Crippen LogP contribution is 2.22. The fraction of sp³-hybridized carbons (Fsp3) is 0.357. The van der Waals surface area contributed by atoms with Crippen molar-refractivity contribution < 1.29 is 0 Å². The molecule has 1 aromatic carbocycles. The van der Waals surface area contributed by atoms with Crippen LogP contribution in [0.25, 0.3) is 10.9 Å². The van der Waals surface area contributed by atoms with Gasteiger partial charge < -0.3 is 4.57 Å². The molecule has 0 atom stereocenters. The maximum atomic E-state index is 8.91. The van der Waals surface area contributed by atoms with Crippen LogP contribution in [0, 0.1) is 11.3 Å². The molecule has 0 bridgehead atoms. The van der Waals surface area contributed by atoms with Crippen molar-refractivity contribution in [3.63, 3.8) is 0 Å². The molecule has 2 nitrogen and oxygen atoms in total. The minimum absolute atomic E-state index is 0.739. The van der Waals surface area contributed by atoms with Gasteiger partial charge in [0.05, 0.1) is 11.6 Å². The Morgan fingerprint density at radius 2 is 2.06 bits per heavy atom. The average Bonchev–Trinajstić information content (AvgIpc) is 2.65. The van der Waals surface area contributed by atoms with Crippen LogP contribution in [0.1, 0.15) is 31.5 Å². The lowest BCUT2D eigenvalue weighted by atomic mass is 10.2. The molecule has 82 valence electrons. The molecule has 0 saturated carbocycles. The Morgan fingerprint density at radius 1 is 1.25 bits per heavy atom. The summed E-state index contributed by atoms with van der Waals surface area (Å²) in [5.41, 5.74) is 3.29. The van der Waals surface area contributed by atoms with Crippen LogP contribution in [-0.4, -0.2) is 4.57 Å². The van der Waals surface area contributed by atoms with E-state index in [1.54, 1.807) is 0 Å². The summed E-state index contributed by atoms with van der Waals surface area (Å²) in [5, 5.41) is 10.2. The molecule has 2 rings (SSSR count). The second-order valence-corrected chi connectivity index (χ2v) is 4.02. The molecule has 1 heterocycles. The van der Waals surface area contributed by atoms with E-state index >= 15 is 0 Å². The molecule has 0 saturated heterocycles. The molecular weight excluding hydrogens is 196 g/mol. The van der Waals surface area contributed by atoms with E-state index in [2.05, 4.69) is 30.6 Å². The number of hydrogen-bond acceptors (Lipinski definition) is 1. The number of nitrogens with zero attached hydrogens (tertiary/aromatic N) is 2. The Labute approximate surface area is 96.1 Å². The van der Waals surface area contributed by atoms with E-state index in [-0.39, 0.29) is 0 Å². The first-order valence-electron chi connectivity index (χ1n) is 5.82. The summed E-state index contributed by atoms with van der Waals surface area (Å²) in [6.07, 6.45) is 2.26. The third kappa shape index (κ3) is 1.69. The van der Waals surface area contributed by atoms with Gasteiger partial charge in [0.1, 0.15) is 0 Å². The number of nitriles is 1. The van der Waals surface area contributed by atoms with Crippen LogP contribution in [0.2, 0.25) is 0 Å².